The molecule has 7 nitrogen and oxygen atoms in total. The molecule has 0 aliphatic carbocycles. The number of nitrogens with one attached hydrogen (secondary N) is 1. The molecule has 0 radical (unpaired) electrons. The highest BCUT2D eigenvalue weighted by molar-refractivity contribution is 6.07. The van der Waals surface area contributed by atoms with Gasteiger partial charge in [0.2, 0.25) is 0 Å². The summed E-state index contributed by atoms with van der Waals surface area (Å²) in [5.41, 5.74) is 1.31. The van der Waals surface area contributed by atoms with Crippen molar-refractivity contribution in [1.29, 1.82) is 0 Å². The van der Waals surface area contributed by atoms with Crippen LogP contribution in [0.25, 0.3) is 0 Å². The van der Waals surface area contributed by atoms with E-state index in [-0.39, 0.29) is 17.9 Å². The van der Waals surface area contributed by atoms with E-state index in [1.165, 1.54) is 18.5 Å². The molecule has 3 heterocycles. The van der Waals surface area contributed by atoms with Crippen LogP contribution in [0.1, 0.15) is 46.5 Å². The fraction of sp³-hybridized carbons (Fsp3) is 0.321. The number of rotatable bonds is 5. The van der Waals surface area contributed by atoms with E-state index < -0.39 is 17.2 Å². The minimum atomic E-state index is -0.872. The summed E-state index contributed by atoms with van der Waals surface area (Å²) in [6, 6.07) is 12.3. The van der Waals surface area contributed by atoms with E-state index in [0.29, 0.717) is 60.7 Å². The van der Waals surface area contributed by atoms with Crippen LogP contribution in [0.15, 0.2) is 60.9 Å². The lowest BCUT2D eigenvalue weighted by atomic mass is 9.87. The Bertz CT molecular complexity index is 1330. The van der Waals surface area contributed by atoms with E-state index in [2.05, 4.69) is 15.2 Å². The van der Waals surface area contributed by atoms with Crippen molar-refractivity contribution in [1.82, 2.24) is 14.8 Å². The smallest absolute Gasteiger partial charge is 0.257 e. The number of amides is 2. The van der Waals surface area contributed by atoms with Gasteiger partial charge < -0.3 is 15.0 Å². The molecular weight excluding hydrogens is 478 g/mol. The number of aromatic nitrogens is 1. The Morgan fingerprint density at radius 1 is 1.11 bits per heavy atom. The highest BCUT2D eigenvalue weighted by atomic mass is 19.2. The molecule has 2 aliphatic rings. The van der Waals surface area contributed by atoms with Crippen LogP contribution >= 0.6 is 0 Å². The van der Waals surface area contributed by atoms with Gasteiger partial charge in [0.1, 0.15) is 5.60 Å². The van der Waals surface area contributed by atoms with Crippen molar-refractivity contribution in [2.75, 3.05) is 25.0 Å². The number of hydrogen-bond donors (Lipinski definition) is 1. The van der Waals surface area contributed by atoms with Crippen LogP contribution in [0.3, 0.4) is 0 Å². The second-order valence-electron chi connectivity index (χ2n) is 9.89. The van der Waals surface area contributed by atoms with E-state index in [1.54, 1.807) is 36.4 Å². The first-order valence-corrected chi connectivity index (χ1v) is 12.3. The van der Waals surface area contributed by atoms with Gasteiger partial charge in [-0.05, 0) is 55.8 Å². The first kappa shape index (κ1) is 24.8. The lowest BCUT2D eigenvalue weighted by Crippen LogP contribution is -2.66. The third kappa shape index (κ3) is 5.04. The summed E-state index contributed by atoms with van der Waals surface area (Å²) in [5, 5.41) is 2.89. The topological polar surface area (TPSA) is 74.8 Å². The quantitative estimate of drug-likeness (QED) is 0.552. The average Bonchev–Trinajstić information content (AvgIpc) is 2.85. The lowest BCUT2D eigenvalue weighted by Gasteiger charge is -2.52. The van der Waals surface area contributed by atoms with Crippen LogP contribution in [0.4, 0.5) is 14.5 Å². The SMILES string of the molecule is CC(C)N1CCC2(CN(Cc3ccc(F)c(F)c3)C2)Oc2c(NC(=O)c3ccncc3)cccc2C1=O. The van der Waals surface area contributed by atoms with Crippen molar-refractivity contribution in [2.45, 2.75) is 38.5 Å². The Kier molecular flexibility index (Phi) is 6.64. The van der Waals surface area contributed by atoms with Gasteiger partial charge in [-0.1, -0.05) is 12.1 Å². The van der Waals surface area contributed by atoms with Crippen LogP contribution in [0, 0.1) is 11.6 Å². The van der Waals surface area contributed by atoms with E-state index in [9.17, 15) is 18.4 Å². The maximum absolute atomic E-state index is 13.7. The fourth-order valence-electron chi connectivity index (χ4n) is 4.95. The molecule has 0 bridgehead atoms. The Labute approximate surface area is 214 Å². The molecular formula is C28H28F2N4O3. The number of nitrogens with zero attached hydrogens (tertiary/aromatic N) is 3. The fourth-order valence-corrected chi connectivity index (χ4v) is 4.95. The maximum atomic E-state index is 13.7. The molecule has 2 amide bonds. The van der Waals surface area contributed by atoms with Crippen LogP contribution < -0.4 is 10.1 Å². The largest absolute Gasteiger partial charge is 0.481 e. The van der Waals surface area contributed by atoms with Crippen LogP contribution in [0.5, 0.6) is 5.75 Å². The summed E-state index contributed by atoms with van der Waals surface area (Å²) < 4.78 is 33.6. The molecule has 1 fully saturated rings. The molecule has 0 saturated carbocycles. The minimum absolute atomic E-state index is 0.0241. The van der Waals surface area contributed by atoms with Gasteiger partial charge in [0.15, 0.2) is 17.4 Å². The number of benzene rings is 2. The Morgan fingerprint density at radius 2 is 1.86 bits per heavy atom. The molecule has 2 aliphatic heterocycles. The third-order valence-corrected chi connectivity index (χ3v) is 6.86. The van der Waals surface area contributed by atoms with Gasteiger partial charge in [-0.2, -0.15) is 0 Å². The predicted octanol–water partition coefficient (Wildman–Crippen LogP) is 4.50. The molecule has 37 heavy (non-hydrogen) atoms. The van der Waals surface area contributed by atoms with Crippen molar-refractivity contribution >= 4 is 17.5 Å². The van der Waals surface area contributed by atoms with Crippen molar-refractivity contribution in [3.63, 3.8) is 0 Å². The van der Waals surface area contributed by atoms with Crippen LogP contribution in [-0.2, 0) is 6.54 Å². The molecule has 192 valence electrons. The van der Waals surface area contributed by atoms with Crippen LogP contribution in [0.2, 0.25) is 0 Å². The molecule has 3 aromatic rings. The lowest BCUT2D eigenvalue weighted by molar-refractivity contribution is -0.0918. The van der Waals surface area contributed by atoms with Gasteiger partial charge in [0, 0.05) is 56.6 Å². The highest BCUT2D eigenvalue weighted by Gasteiger charge is 2.47. The Balaban J connectivity index is 1.43. The first-order chi connectivity index (χ1) is 17.7. The summed E-state index contributed by atoms with van der Waals surface area (Å²) in [7, 11) is 0. The third-order valence-electron chi connectivity index (χ3n) is 6.86. The summed E-state index contributed by atoms with van der Waals surface area (Å²) in [4.78, 5) is 34.2. The van der Waals surface area contributed by atoms with E-state index >= 15 is 0 Å². The second-order valence-corrected chi connectivity index (χ2v) is 9.89. The van der Waals surface area contributed by atoms with Gasteiger partial charge in [-0.15, -0.1) is 0 Å². The molecule has 0 atom stereocenters. The highest BCUT2D eigenvalue weighted by Crippen LogP contribution is 2.40. The summed E-state index contributed by atoms with van der Waals surface area (Å²) in [5.74, 6) is -1.89. The molecule has 5 rings (SSSR count). The predicted molar refractivity (Wildman–Crippen MR) is 134 cm³/mol. The van der Waals surface area contributed by atoms with Crippen molar-refractivity contribution in [2.24, 2.45) is 0 Å². The van der Waals surface area contributed by atoms with E-state index in [1.807, 2.05) is 18.7 Å². The number of pyridine rings is 1. The zero-order chi connectivity index (χ0) is 26.2. The summed E-state index contributed by atoms with van der Waals surface area (Å²) in [6.07, 6.45) is 3.67. The first-order valence-electron chi connectivity index (χ1n) is 12.3. The molecule has 1 saturated heterocycles. The molecule has 2 aromatic carbocycles. The zero-order valence-corrected chi connectivity index (χ0v) is 20.7. The van der Waals surface area contributed by atoms with E-state index in [4.69, 9.17) is 4.74 Å². The number of carbonyl (C=O) groups excluding carboxylic acids is 2. The number of fused-ring (bicyclic) bond motifs is 1. The monoisotopic (exact) mass is 506 g/mol. The number of carbonyl (C=O) groups is 2. The minimum Gasteiger partial charge on any atom is -0.481 e. The van der Waals surface area contributed by atoms with Gasteiger partial charge in [-0.3, -0.25) is 19.5 Å². The molecule has 1 spiro atoms. The Hall–Kier alpha value is -3.85. The number of halogens is 2. The Morgan fingerprint density at radius 3 is 2.57 bits per heavy atom. The maximum Gasteiger partial charge on any atom is 0.257 e. The average molecular weight is 507 g/mol. The normalized spacial score (nSPS) is 17.0. The van der Waals surface area contributed by atoms with Gasteiger partial charge >= 0.3 is 0 Å². The molecule has 1 N–H and O–H groups in total. The van der Waals surface area contributed by atoms with Gasteiger partial charge in [0.05, 0.1) is 11.3 Å². The number of hydrogen-bond acceptors (Lipinski definition) is 5. The summed E-state index contributed by atoms with van der Waals surface area (Å²) >= 11 is 0. The standard InChI is InChI=1S/C28H28F2N4O3/c1-18(2)34-13-10-28(16-33(17-28)15-19-6-7-22(29)23(30)14-19)37-25-21(27(34)36)4-3-5-24(25)32-26(35)20-8-11-31-12-9-20/h3-9,11-12,14,18H,10,13,15-17H2,1-2H3,(H,32,35). The second kappa shape index (κ2) is 9.89. The van der Waals surface area contributed by atoms with Gasteiger partial charge in [0.25, 0.3) is 11.8 Å². The summed E-state index contributed by atoms with van der Waals surface area (Å²) in [6.45, 7) is 5.98. The van der Waals surface area contributed by atoms with Gasteiger partial charge in [-0.25, -0.2) is 8.78 Å². The molecule has 0 unspecified atom stereocenters. The van der Waals surface area contributed by atoms with Crippen molar-refractivity contribution < 1.29 is 23.1 Å². The molecule has 9 heteroatoms. The number of likely N-dealkylation sites (tertiary alicyclic amines) is 1. The number of ether oxygens (including phenoxy) is 1. The van der Waals surface area contributed by atoms with E-state index in [0.717, 1.165) is 6.07 Å². The molecule has 1 aromatic heterocycles. The zero-order valence-electron chi connectivity index (χ0n) is 20.7. The van der Waals surface area contributed by atoms with Crippen molar-refractivity contribution in [3.8, 4) is 5.75 Å². The number of anilines is 1. The number of para-hydroxylation sites is 1. The van der Waals surface area contributed by atoms with Crippen molar-refractivity contribution in [3.05, 3.63) is 89.2 Å². The van der Waals surface area contributed by atoms with Crippen LogP contribution in [-0.4, -0.2) is 57.9 Å².